The van der Waals surface area contributed by atoms with Crippen LogP contribution in [-0.4, -0.2) is 45.6 Å². The van der Waals surface area contributed by atoms with Crippen LogP contribution in [0.5, 0.6) is 0 Å². The van der Waals surface area contributed by atoms with Crippen molar-refractivity contribution >= 4 is 51.4 Å². The number of hydrogen-bond acceptors (Lipinski definition) is 2. The van der Waals surface area contributed by atoms with Crippen LogP contribution < -0.4 is 0 Å². The molecule has 0 aliphatic carbocycles. The summed E-state index contributed by atoms with van der Waals surface area (Å²) >= 11 is 6.78. The van der Waals surface area contributed by atoms with Crippen molar-refractivity contribution < 1.29 is 2.85 Å². The summed E-state index contributed by atoms with van der Waals surface area (Å²) in [6.45, 7) is 0.889. The van der Waals surface area contributed by atoms with Gasteiger partial charge in [-0.05, 0) is 11.8 Å². The minimum Gasteiger partial charge on any atom is -1.00 e. The van der Waals surface area contributed by atoms with Crippen LogP contribution in [0, 0.1) is 0 Å². The average Bonchev–Trinajstić information content (AvgIpc) is 2.18. The maximum atomic E-state index is 5.17. The van der Waals surface area contributed by atoms with E-state index in [1.54, 1.807) is 11.8 Å². The number of hydrogen-bond donors (Lipinski definition) is 0. The van der Waals surface area contributed by atoms with Crippen LogP contribution in [0.2, 0.25) is 0 Å². The van der Waals surface area contributed by atoms with Crippen molar-refractivity contribution in [2.75, 3.05) is 13.3 Å². The molecule has 0 fully saturated rings. The number of thiocarbonyl (C=S) groups is 1. The molecule has 1 aromatic rings. The van der Waals surface area contributed by atoms with Crippen molar-refractivity contribution in [2.24, 2.45) is 0 Å². The second-order valence-corrected chi connectivity index (χ2v) is 4.25. The Bertz CT molecular complexity index is 285. The normalized spacial score (nSPS) is 9.00. The molecule has 0 radical (unpaired) electrons. The van der Waals surface area contributed by atoms with Gasteiger partial charge in [0.25, 0.3) is 0 Å². The van der Waals surface area contributed by atoms with E-state index in [4.69, 9.17) is 12.2 Å². The van der Waals surface area contributed by atoms with Crippen molar-refractivity contribution in [3.63, 3.8) is 0 Å². The van der Waals surface area contributed by atoms with Crippen molar-refractivity contribution in [1.29, 1.82) is 0 Å². The van der Waals surface area contributed by atoms with E-state index in [2.05, 4.69) is 17.0 Å². The molecule has 0 saturated heterocycles. The number of benzene rings is 1. The molecule has 0 bridgehead atoms. The van der Waals surface area contributed by atoms with Crippen LogP contribution in [0.3, 0.4) is 0 Å². The third kappa shape index (κ3) is 4.64. The van der Waals surface area contributed by atoms with Crippen LogP contribution in [0.25, 0.3) is 0 Å². The predicted molar refractivity (Wildman–Crippen MR) is 72.0 cm³/mol. The van der Waals surface area contributed by atoms with Crippen molar-refractivity contribution in [3.8, 4) is 0 Å². The molecule has 1 rings (SSSR count). The van der Waals surface area contributed by atoms with Gasteiger partial charge in [0.1, 0.15) is 4.32 Å². The fourth-order valence-corrected chi connectivity index (χ4v) is 1.52. The Labute approximate surface area is 114 Å². The Balaban J connectivity index is -0.000000563. The molecule has 1 aromatic carbocycles. The van der Waals surface area contributed by atoms with Crippen LogP contribution in [0.15, 0.2) is 30.3 Å². The van der Waals surface area contributed by atoms with E-state index in [9.17, 15) is 0 Å². The molecule has 0 N–H and O–H groups in total. The summed E-state index contributed by atoms with van der Waals surface area (Å²) in [5.41, 5.74) is 1.29. The molecule has 0 aromatic heterocycles. The first-order valence-electron chi connectivity index (χ1n) is 4.07. The van der Waals surface area contributed by atoms with Crippen LogP contribution in [-0.2, 0) is 6.54 Å². The summed E-state index contributed by atoms with van der Waals surface area (Å²) < 4.78 is 0.934. The molecule has 0 atom stereocenters. The maximum absolute atomic E-state index is 5.17. The summed E-state index contributed by atoms with van der Waals surface area (Å²) in [6.07, 6.45) is 2.00. The fraction of sp³-hybridized carbons (Fsp3) is 0.300. The first kappa shape index (κ1) is 14.2. The van der Waals surface area contributed by atoms with E-state index in [1.165, 1.54) is 5.56 Å². The van der Waals surface area contributed by atoms with Gasteiger partial charge in [-0.15, -0.1) is 11.8 Å². The smallest absolute Gasteiger partial charge is 1.00 e. The van der Waals surface area contributed by atoms with Crippen LogP contribution in [0.4, 0.5) is 0 Å². The SMILES string of the molecule is CSC(=S)N(C)Cc1ccccc1.[H-].[H-].[Mg+2]. The summed E-state index contributed by atoms with van der Waals surface area (Å²) in [7, 11) is 2.02. The van der Waals surface area contributed by atoms with E-state index in [0.717, 1.165) is 10.9 Å². The van der Waals surface area contributed by atoms with E-state index in [1.807, 2.05) is 31.5 Å². The maximum Gasteiger partial charge on any atom is 2.00 e. The minimum atomic E-state index is 0. The molecule has 0 heterocycles. The Morgan fingerprint density at radius 1 is 1.43 bits per heavy atom. The molecule has 0 saturated carbocycles. The van der Waals surface area contributed by atoms with Gasteiger partial charge < -0.3 is 7.75 Å². The number of thioether (sulfide) groups is 1. The van der Waals surface area contributed by atoms with Gasteiger partial charge in [0.05, 0.1) is 0 Å². The van der Waals surface area contributed by atoms with Gasteiger partial charge in [-0.3, -0.25) is 0 Å². The largest absolute Gasteiger partial charge is 2.00 e. The Kier molecular flexibility index (Phi) is 7.63. The van der Waals surface area contributed by atoms with E-state index < -0.39 is 0 Å². The van der Waals surface area contributed by atoms with Gasteiger partial charge in [0.15, 0.2) is 0 Å². The van der Waals surface area contributed by atoms with Crippen LogP contribution >= 0.6 is 24.0 Å². The monoisotopic (exact) mass is 237 g/mol. The predicted octanol–water partition coefficient (Wildman–Crippen LogP) is 2.61. The van der Waals surface area contributed by atoms with E-state index >= 15 is 0 Å². The quantitative estimate of drug-likeness (QED) is 0.575. The fourth-order valence-electron chi connectivity index (χ4n) is 1.08. The van der Waals surface area contributed by atoms with Gasteiger partial charge >= 0.3 is 23.1 Å². The molecular formula is C10H15MgNS2. The second kappa shape index (κ2) is 7.51. The van der Waals surface area contributed by atoms with Gasteiger partial charge in [0.2, 0.25) is 0 Å². The molecule has 14 heavy (non-hydrogen) atoms. The molecule has 0 amide bonds. The van der Waals surface area contributed by atoms with Crippen molar-refractivity contribution in [1.82, 2.24) is 4.90 Å². The molecule has 0 unspecified atom stereocenters. The summed E-state index contributed by atoms with van der Waals surface area (Å²) in [5, 5.41) is 0. The summed E-state index contributed by atoms with van der Waals surface area (Å²) in [6, 6.07) is 10.3. The first-order valence-corrected chi connectivity index (χ1v) is 5.70. The molecule has 1 nitrogen and oxygen atoms in total. The Morgan fingerprint density at radius 2 is 2.00 bits per heavy atom. The standard InChI is InChI=1S/C10H13NS2.Mg.2H/c1-11(10(12)13-2)8-9-6-4-3-5-7-9;;;/h3-7H,8H2,1-2H3;;;/q;+2;2*-1. The zero-order valence-corrected chi connectivity index (χ0v) is 11.6. The second-order valence-electron chi connectivity index (χ2n) is 2.81. The van der Waals surface area contributed by atoms with Gasteiger partial charge in [-0.2, -0.15) is 0 Å². The van der Waals surface area contributed by atoms with E-state index in [-0.39, 0.29) is 25.9 Å². The van der Waals surface area contributed by atoms with Crippen molar-refractivity contribution in [2.45, 2.75) is 6.54 Å². The topological polar surface area (TPSA) is 3.24 Å². The molecular weight excluding hydrogens is 223 g/mol. The third-order valence-corrected chi connectivity index (χ3v) is 3.22. The average molecular weight is 238 g/mol. The molecule has 0 aliphatic rings. The van der Waals surface area contributed by atoms with Gasteiger partial charge in [-0.25, -0.2) is 0 Å². The summed E-state index contributed by atoms with van der Waals surface area (Å²) in [5.74, 6) is 0. The van der Waals surface area contributed by atoms with Gasteiger partial charge in [-0.1, -0.05) is 42.5 Å². The summed E-state index contributed by atoms with van der Waals surface area (Å²) in [4.78, 5) is 2.08. The Morgan fingerprint density at radius 3 is 2.50 bits per heavy atom. The minimum absolute atomic E-state index is 0. The molecule has 4 heteroatoms. The number of rotatable bonds is 2. The van der Waals surface area contributed by atoms with E-state index in [0.29, 0.717) is 0 Å². The van der Waals surface area contributed by atoms with Gasteiger partial charge in [0, 0.05) is 13.6 Å². The zero-order chi connectivity index (χ0) is 9.68. The zero-order valence-electron chi connectivity index (χ0n) is 10.6. The Hall–Kier alpha value is 0.226. The molecule has 74 valence electrons. The van der Waals surface area contributed by atoms with Crippen LogP contribution in [0.1, 0.15) is 8.42 Å². The van der Waals surface area contributed by atoms with Crippen molar-refractivity contribution in [3.05, 3.63) is 35.9 Å². The third-order valence-electron chi connectivity index (χ3n) is 1.75. The molecule has 0 aliphatic heterocycles. The first-order chi connectivity index (χ1) is 6.24. The molecule has 0 spiro atoms. The number of nitrogens with zero attached hydrogens (tertiary/aromatic N) is 1.